The Morgan fingerprint density at radius 1 is 1.26 bits per heavy atom. The Balaban J connectivity index is 2.10. The summed E-state index contributed by atoms with van der Waals surface area (Å²) in [6, 6.07) is 9.03. The molecule has 154 valence electrons. The van der Waals surface area contributed by atoms with Crippen LogP contribution in [0.15, 0.2) is 59.4 Å². The van der Waals surface area contributed by atoms with Crippen LogP contribution in [0, 0.1) is 11.3 Å². The minimum Gasteiger partial charge on any atom is -0.463 e. The molecule has 0 aromatic carbocycles. The van der Waals surface area contributed by atoms with Crippen LogP contribution < -0.4 is 20.5 Å². The first-order valence-corrected chi connectivity index (χ1v) is 10.2. The molecule has 0 bridgehead atoms. The molecule has 0 unspecified atom stereocenters. The Hall–Kier alpha value is -4.03. The summed E-state index contributed by atoms with van der Waals surface area (Å²) in [4.78, 5) is 34.2. The molecule has 3 aromatic heterocycles. The number of rotatable bonds is 4. The van der Waals surface area contributed by atoms with Crippen molar-refractivity contribution in [3.63, 3.8) is 0 Å². The van der Waals surface area contributed by atoms with Gasteiger partial charge >= 0.3 is 5.97 Å². The highest BCUT2D eigenvalue weighted by Crippen LogP contribution is 2.36. The topological polar surface area (TPSA) is 124 Å². The second-order valence-electron chi connectivity index (χ2n) is 6.60. The lowest BCUT2D eigenvalue weighted by atomic mass is 9.84. The number of nitrogens with zero attached hydrogens (tertiary/aromatic N) is 4. The van der Waals surface area contributed by atoms with Crippen molar-refractivity contribution in [1.82, 2.24) is 14.5 Å². The molecule has 0 aliphatic carbocycles. The number of aromatic nitrogens is 3. The third kappa shape index (κ3) is 3.53. The summed E-state index contributed by atoms with van der Waals surface area (Å²) in [6.07, 6.45) is 8.08. The van der Waals surface area contributed by atoms with Crippen molar-refractivity contribution in [3.05, 3.63) is 85.3 Å². The SMILES string of the molecule is CCOC(=O)C1=c2s/c(=C\c3ccncc3)c(=O)n2C(N)=C(C#N)[C@H]1c1ccncc1. The van der Waals surface area contributed by atoms with Crippen LogP contribution in [-0.4, -0.2) is 27.1 Å². The number of carbonyl (C=O) groups is 1. The number of esters is 1. The van der Waals surface area contributed by atoms with E-state index in [1.807, 2.05) is 0 Å². The van der Waals surface area contributed by atoms with Gasteiger partial charge in [0.2, 0.25) is 0 Å². The quantitative estimate of drug-likeness (QED) is 0.603. The van der Waals surface area contributed by atoms with E-state index in [0.29, 0.717) is 14.8 Å². The van der Waals surface area contributed by atoms with Gasteiger partial charge in [-0.2, -0.15) is 5.26 Å². The number of carbonyl (C=O) groups excluding carboxylic acids is 1. The zero-order valence-electron chi connectivity index (χ0n) is 16.5. The summed E-state index contributed by atoms with van der Waals surface area (Å²) >= 11 is 1.13. The lowest BCUT2D eigenvalue weighted by Gasteiger charge is -2.24. The Bertz CT molecular complexity index is 1400. The Labute approximate surface area is 180 Å². The first-order valence-electron chi connectivity index (χ1n) is 9.41. The molecule has 0 amide bonds. The van der Waals surface area contributed by atoms with Gasteiger partial charge in [-0.25, -0.2) is 4.79 Å². The summed E-state index contributed by atoms with van der Waals surface area (Å²) in [5.74, 6) is -1.36. The molecule has 1 aliphatic rings. The van der Waals surface area contributed by atoms with Crippen molar-refractivity contribution in [2.45, 2.75) is 12.8 Å². The molecular formula is C22H17N5O3S. The van der Waals surface area contributed by atoms with Crippen LogP contribution in [-0.2, 0) is 9.53 Å². The van der Waals surface area contributed by atoms with E-state index in [0.717, 1.165) is 16.9 Å². The van der Waals surface area contributed by atoms with Gasteiger partial charge in [-0.3, -0.25) is 19.3 Å². The highest BCUT2D eigenvalue weighted by atomic mass is 32.1. The van der Waals surface area contributed by atoms with Gasteiger partial charge in [-0.1, -0.05) is 0 Å². The summed E-state index contributed by atoms with van der Waals surface area (Å²) < 4.78 is 7.24. The molecule has 0 saturated heterocycles. The van der Waals surface area contributed by atoms with Gasteiger partial charge in [-0.05, 0) is 48.4 Å². The largest absolute Gasteiger partial charge is 0.463 e. The Kier molecular flexibility index (Phi) is 5.47. The van der Waals surface area contributed by atoms with Crippen molar-refractivity contribution in [1.29, 1.82) is 5.26 Å². The summed E-state index contributed by atoms with van der Waals surface area (Å²) in [6.45, 7) is 1.85. The molecule has 1 aliphatic heterocycles. The fourth-order valence-corrected chi connectivity index (χ4v) is 4.62. The van der Waals surface area contributed by atoms with Gasteiger partial charge in [0.1, 0.15) is 10.5 Å². The highest BCUT2D eigenvalue weighted by molar-refractivity contribution is 7.07. The molecule has 1 atom stereocenters. The summed E-state index contributed by atoms with van der Waals surface area (Å²) in [5.41, 5.74) is 7.63. The highest BCUT2D eigenvalue weighted by Gasteiger charge is 2.36. The van der Waals surface area contributed by atoms with E-state index in [4.69, 9.17) is 10.5 Å². The van der Waals surface area contributed by atoms with E-state index >= 15 is 0 Å². The van der Waals surface area contributed by atoms with Gasteiger partial charge < -0.3 is 10.5 Å². The predicted octanol–water partition coefficient (Wildman–Crippen LogP) is 0.691. The predicted molar refractivity (Wildman–Crippen MR) is 116 cm³/mol. The number of allylic oxidation sites excluding steroid dienone is 1. The molecule has 0 radical (unpaired) electrons. The second kappa shape index (κ2) is 8.38. The second-order valence-corrected chi connectivity index (χ2v) is 7.63. The van der Waals surface area contributed by atoms with Crippen LogP contribution in [0.1, 0.15) is 24.0 Å². The molecule has 0 saturated carbocycles. The molecule has 3 aromatic rings. The monoisotopic (exact) mass is 431 g/mol. The van der Waals surface area contributed by atoms with Gasteiger partial charge in [0.25, 0.3) is 5.56 Å². The first-order chi connectivity index (χ1) is 15.1. The smallest absolute Gasteiger partial charge is 0.338 e. The number of nitriles is 1. The number of ether oxygens (including phenoxy) is 1. The average Bonchev–Trinajstić information content (AvgIpc) is 3.11. The van der Waals surface area contributed by atoms with Crippen molar-refractivity contribution in [2.24, 2.45) is 5.73 Å². The third-order valence-corrected chi connectivity index (χ3v) is 5.92. The van der Waals surface area contributed by atoms with Crippen LogP contribution in [0.5, 0.6) is 0 Å². The number of hydrogen-bond acceptors (Lipinski definition) is 8. The molecular weight excluding hydrogens is 414 g/mol. The molecule has 9 heteroatoms. The van der Waals surface area contributed by atoms with Crippen LogP contribution >= 0.6 is 11.3 Å². The molecule has 4 heterocycles. The Morgan fingerprint density at radius 2 is 1.90 bits per heavy atom. The van der Waals surface area contributed by atoms with E-state index in [1.54, 1.807) is 62.1 Å². The van der Waals surface area contributed by atoms with E-state index in [2.05, 4.69) is 16.0 Å². The molecule has 0 spiro atoms. The maximum absolute atomic E-state index is 13.2. The summed E-state index contributed by atoms with van der Waals surface area (Å²) in [5, 5.41) is 9.89. The van der Waals surface area contributed by atoms with E-state index in [1.165, 1.54) is 4.57 Å². The van der Waals surface area contributed by atoms with Crippen molar-refractivity contribution in [2.75, 3.05) is 6.61 Å². The number of fused-ring (bicyclic) bond motifs is 1. The zero-order chi connectivity index (χ0) is 22.0. The molecule has 0 fully saturated rings. The molecule has 31 heavy (non-hydrogen) atoms. The number of thiazole rings is 1. The van der Waals surface area contributed by atoms with Crippen LogP contribution in [0.3, 0.4) is 0 Å². The fourth-order valence-electron chi connectivity index (χ4n) is 3.45. The lowest BCUT2D eigenvalue weighted by Crippen LogP contribution is -2.40. The van der Waals surface area contributed by atoms with Crippen LogP contribution in [0.4, 0.5) is 0 Å². The minimum atomic E-state index is -0.765. The van der Waals surface area contributed by atoms with Crippen LogP contribution in [0.2, 0.25) is 0 Å². The number of nitrogens with two attached hydrogens (primary N) is 1. The lowest BCUT2D eigenvalue weighted by molar-refractivity contribution is -0.136. The Morgan fingerprint density at radius 3 is 2.52 bits per heavy atom. The van der Waals surface area contributed by atoms with Gasteiger partial charge in [0.15, 0.2) is 0 Å². The maximum atomic E-state index is 13.2. The van der Waals surface area contributed by atoms with Crippen molar-refractivity contribution < 1.29 is 9.53 Å². The first kappa shape index (κ1) is 20.3. The fraction of sp³-hybridized carbons (Fsp3) is 0.136. The number of hydrogen-bond donors (Lipinski definition) is 1. The molecule has 2 N–H and O–H groups in total. The van der Waals surface area contributed by atoms with E-state index < -0.39 is 17.4 Å². The number of pyridine rings is 2. The van der Waals surface area contributed by atoms with Gasteiger partial charge in [0.05, 0.1) is 34.3 Å². The molecule has 8 nitrogen and oxygen atoms in total. The zero-order valence-corrected chi connectivity index (χ0v) is 17.3. The van der Waals surface area contributed by atoms with Crippen molar-refractivity contribution >= 4 is 34.8 Å². The maximum Gasteiger partial charge on any atom is 0.338 e. The minimum absolute atomic E-state index is 0.00277. The molecule has 4 rings (SSSR count). The van der Waals surface area contributed by atoms with Crippen molar-refractivity contribution in [3.8, 4) is 6.07 Å². The standard InChI is InChI=1S/C22H17N5O3S/c1-2-30-22(29)18-17(14-5-9-26-10-6-14)15(12-23)19(24)27-20(28)16(31-21(18)27)11-13-3-7-25-8-4-13/h3-11,17H,2,24H2,1H3/b16-11-/t17-/m1/s1. The summed E-state index contributed by atoms with van der Waals surface area (Å²) in [7, 11) is 0. The third-order valence-electron chi connectivity index (χ3n) is 4.81. The van der Waals surface area contributed by atoms with Gasteiger partial charge in [0, 0.05) is 24.8 Å². The van der Waals surface area contributed by atoms with E-state index in [9.17, 15) is 14.9 Å². The normalized spacial score (nSPS) is 16.1. The van der Waals surface area contributed by atoms with Crippen LogP contribution in [0.25, 0.3) is 17.5 Å². The van der Waals surface area contributed by atoms with Gasteiger partial charge in [-0.15, -0.1) is 11.3 Å². The van der Waals surface area contributed by atoms with E-state index in [-0.39, 0.29) is 23.6 Å². The average molecular weight is 431 g/mol.